The molecule has 1 amide bonds. The number of hydrogen-bond donors (Lipinski definition) is 1. The third kappa shape index (κ3) is 2.79. The van der Waals surface area contributed by atoms with E-state index in [4.69, 9.17) is 5.11 Å². The molecule has 0 aromatic carbocycles. The van der Waals surface area contributed by atoms with E-state index in [1.807, 2.05) is 6.92 Å². The van der Waals surface area contributed by atoms with E-state index in [1.165, 1.54) is 23.2 Å². The molecule has 88 valence electrons. The highest BCUT2D eigenvalue weighted by molar-refractivity contribution is 7.09. The summed E-state index contributed by atoms with van der Waals surface area (Å²) in [6.07, 6.45) is 0. The Kier molecular flexibility index (Phi) is 4.00. The lowest BCUT2D eigenvalue weighted by atomic mass is 10.1. The molecular weight excluding hydrogens is 228 g/mol. The van der Waals surface area contributed by atoms with Crippen molar-refractivity contribution in [2.45, 2.75) is 20.4 Å². The zero-order valence-corrected chi connectivity index (χ0v) is 10.2. The Morgan fingerprint density at radius 2 is 2.25 bits per heavy atom. The van der Waals surface area contributed by atoms with Gasteiger partial charge in [-0.25, -0.2) is 4.98 Å². The van der Waals surface area contributed by atoms with Crippen LogP contribution < -0.4 is 0 Å². The van der Waals surface area contributed by atoms with Crippen LogP contribution in [0.1, 0.15) is 17.5 Å². The molecule has 1 unspecified atom stereocenters. The van der Waals surface area contributed by atoms with E-state index >= 15 is 0 Å². The number of rotatable bonds is 4. The van der Waals surface area contributed by atoms with Gasteiger partial charge in [0, 0.05) is 11.9 Å². The molecule has 1 aromatic heterocycles. The molecule has 0 aliphatic carbocycles. The summed E-state index contributed by atoms with van der Waals surface area (Å²) in [5.41, 5.74) is 2.59. The van der Waals surface area contributed by atoms with E-state index in [2.05, 4.69) is 4.98 Å². The standard InChI is InChI=1S/C10H14N2O3S/c1-6(10(14)15)9(13)12(3)4-8-7(2)11-5-16-8/h5-6H,4H2,1-3H3,(H,14,15). The first-order valence-electron chi connectivity index (χ1n) is 4.80. The summed E-state index contributed by atoms with van der Waals surface area (Å²) < 4.78 is 0. The first-order valence-corrected chi connectivity index (χ1v) is 5.68. The van der Waals surface area contributed by atoms with Crippen LogP contribution >= 0.6 is 11.3 Å². The molecule has 1 aromatic rings. The van der Waals surface area contributed by atoms with Gasteiger partial charge in [0.15, 0.2) is 0 Å². The van der Waals surface area contributed by atoms with E-state index in [9.17, 15) is 9.59 Å². The van der Waals surface area contributed by atoms with Crippen LogP contribution in [0.3, 0.4) is 0 Å². The minimum absolute atomic E-state index is 0.389. The number of amides is 1. The lowest BCUT2D eigenvalue weighted by molar-refractivity contribution is -0.149. The van der Waals surface area contributed by atoms with Crippen molar-refractivity contribution in [2.75, 3.05) is 7.05 Å². The van der Waals surface area contributed by atoms with E-state index < -0.39 is 11.9 Å². The maximum atomic E-state index is 11.7. The zero-order chi connectivity index (χ0) is 12.3. The fourth-order valence-corrected chi connectivity index (χ4v) is 2.04. The third-order valence-corrected chi connectivity index (χ3v) is 3.26. The number of carbonyl (C=O) groups is 2. The maximum Gasteiger partial charge on any atom is 0.315 e. The van der Waals surface area contributed by atoms with Gasteiger partial charge < -0.3 is 10.0 Å². The van der Waals surface area contributed by atoms with Gasteiger partial charge in [-0.15, -0.1) is 11.3 Å². The lowest BCUT2D eigenvalue weighted by Gasteiger charge is -2.18. The van der Waals surface area contributed by atoms with Gasteiger partial charge in [-0.1, -0.05) is 0 Å². The average molecular weight is 242 g/mol. The predicted molar refractivity (Wildman–Crippen MR) is 60.1 cm³/mol. The Bertz CT molecular complexity index is 403. The second kappa shape index (κ2) is 5.07. The van der Waals surface area contributed by atoms with Gasteiger partial charge in [0.1, 0.15) is 5.92 Å². The molecule has 0 spiro atoms. The molecule has 0 fully saturated rings. The number of carboxylic acid groups (broad SMARTS) is 1. The number of aliphatic carboxylic acids is 1. The third-order valence-electron chi connectivity index (χ3n) is 2.34. The Labute approximate surface area is 97.7 Å². The van der Waals surface area contributed by atoms with Crippen LogP contribution in [0, 0.1) is 12.8 Å². The fraction of sp³-hybridized carbons (Fsp3) is 0.500. The van der Waals surface area contributed by atoms with Crippen LogP contribution in [-0.4, -0.2) is 33.9 Å². The van der Waals surface area contributed by atoms with E-state index in [0.29, 0.717) is 6.54 Å². The number of carbonyl (C=O) groups excluding carboxylic acids is 1. The first kappa shape index (κ1) is 12.6. The van der Waals surface area contributed by atoms with Crippen molar-refractivity contribution in [2.24, 2.45) is 5.92 Å². The zero-order valence-electron chi connectivity index (χ0n) is 9.43. The molecule has 16 heavy (non-hydrogen) atoms. The average Bonchev–Trinajstić information content (AvgIpc) is 2.62. The molecule has 0 saturated heterocycles. The molecule has 0 aliphatic heterocycles. The van der Waals surface area contributed by atoms with Crippen molar-refractivity contribution in [3.63, 3.8) is 0 Å². The summed E-state index contributed by atoms with van der Waals surface area (Å²) in [5, 5.41) is 8.72. The van der Waals surface area contributed by atoms with Crippen molar-refractivity contribution < 1.29 is 14.7 Å². The van der Waals surface area contributed by atoms with Gasteiger partial charge in [-0.2, -0.15) is 0 Å². The SMILES string of the molecule is Cc1ncsc1CN(C)C(=O)C(C)C(=O)O. The molecule has 0 aliphatic rings. The van der Waals surface area contributed by atoms with Gasteiger partial charge in [0.25, 0.3) is 0 Å². The molecule has 6 heteroatoms. The molecule has 1 rings (SSSR count). The molecule has 0 saturated carbocycles. The number of aryl methyl sites for hydroxylation is 1. The summed E-state index contributed by atoms with van der Waals surface area (Å²) in [4.78, 5) is 28.8. The van der Waals surface area contributed by atoms with Crippen LogP contribution in [-0.2, 0) is 16.1 Å². The molecule has 1 N–H and O–H groups in total. The smallest absolute Gasteiger partial charge is 0.315 e. The number of aromatic nitrogens is 1. The van der Waals surface area contributed by atoms with Crippen molar-refractivity contribution in [3.05, 3.63) is 16.1 Å². The van der Waals surface area contributed by atoms with E-state index in [-0.39, 0.29) is 5.91 Å². The van der Waals surface area contributed by atoms with E-state index in [1.54, 1.807) is 12.6 Å². The maximum absolute atomic E-state index is 11.7. The molecule has 1 atom stereocenters. The van der Waals surface area contributed by atoms with Crippen molar-refractivity contribution in [1.29, 1.82) is 0 Å². The predicted octanol–water partition coefficient (Wildman–Crippen LogP) is 1.13. The van der Waals surface area contributed by atoms with Crippen molar-refractivity contribution in [1.82, 2.24) is 9.88 Å². The topological polar surface area (TPSA) is 70.5 Å². The summed E-state index contributed by atoms with van der Waals surface area (Å²) in [6.45, 7) is 3.67. The molecule has 0 bridgehead atoms. The quantitative estimate of drug-likeness (QED) is 0.803. The summed E-state index contributed by atoms with van der Waals surface area (Å²) in [7, 11) is 1.60. The summed E-state index contributed by atoms with van der Waals surface area (Å²) >= 11 is 1.46. The lowest BCUT2D eigenvalue weighted by Crippen LogP contribution is -2.34. The van der Waals surface area contributed by atoms with Gasteiger partial charge in [0.05, 0.1) is 17.7 Å². The molecular formula is C10H14N2O3S. The highest BCUT2D eigenvalue weighted by Gasteiger charge is 2.24. The van der Waals surface area contributed by atoms with Crippen LogP contribution in [0.4, 0.5) is 0 Å². The Morgan fingerprint density at radius 3 is 2.69 bits per heavy atom. The molecule has 0 radical (unpaired) electrons. The van der Waals surface area contributed by atoms with Crippen molar-refractivity contribution in [3.8, 4) is 0 Å². The first-order chi connectivity index (χ1) is 7.43. The van der Waals surface area contributed by atoms with Gasteiger partial charge in [0.2, 0.25) is 5.91 Å². The van der Waals surface area contributed by atoms with Gasteiger partial charge >= 0.3 is 5.97 Å². The fourth-order valence-electron chi connectivity index (χ4n) is 1.21. The second-order valence-electron chi connectivity index (χ2n) is 3.62. The summed E-state index contributed by atoms with van der Waals surface area (Å²) in [6, 6.07) is 0. The Balaban J connectivity index is 2.66. The van der Waals surface area contributed by atoms with Gasteiger partial charge in [-0.05, 0) is 13.8 Å². The van der Waals surface area contributed by atoms with Crippen LogP contribution in [0.5, 0.6) is 0 Å². The van der Waals surface area contributed by atoms with Crippen LogP contribution in [0.2, 0.25) is 0 Å². The number of thiazole rings is 1. The minimum atomic E-state index is -1.10. The summed E-state index contributed by atoms with van der Waals surface area (Å²) in [5.74, 6) is -2.49. The molecule has 1 heterocycles. The normalized spacial score (nSPS) is 12.2. The Hall–Kier alpha value is -1.43. The number of nitrogens with zero attached hydrogens (tertiary/aromatic N) is 2. The largest absolute Gasteiger partial charge is 0.481 e. The number of carboxylic acids is 1. The van der Waals surface area contributed by atoms with Crippen LogP contribution in [0.25, 0.3) is 0 Å². The minimum Gasteiger partial charge on any atom is -0.481 e. The van der Waals surface area contributed by atoms with Crippen LogP contribution in [0.15, 0.2) is 5.51 Å². The number of hydrogen-bond acceptors (Lipinski definition) is 4. The molecule has 5 nitrogen and oxygen atoms in total. The monoisotopic (exact) mass is 242 g/mol. The Morgan fingerprint density at radius 1 is 1.62 bits per heavy atom. The van der Waals surface area contributed by atoms with E-state index in [0.717, 1.165) is 10.6 Å². The van der Waals surface area contributed by atoms with Gasteiger partial charge in [-0.3, -0.25) is 9.59 Å². The van der Waals surface area contributed by atoms with Crippen molar-refractivity contribution >= 4 is 23.2 Å². The highest BCUT2D eigenvalue weighted by atomic mass is 32.1. The second-order valence-corrected chi connectivity index (χ2v) is 4.55. The highest BCUT2D eigenvalue weighted by Crippen LogP contribution is 2.15.